The van der Waals surface area contributed by atoms with E-state index in [1.807, 2.05) is 50.1 Å². The standard InChI is InChI=1S/C21H29N5O2/c1-4-17(28-18-8-6-5-7-15(18)2)21(27)26-12-10-16(13-26)25(3)14-20-23-11-9-19(22)24-20/h5-9,11,16-17H,4,10,12-14H2,1-3H3,(H2,22,23,24)/t16-,17+/m0/s1. The second-order valence-electron chi connectivity index (χ2n) is 7.32. The largest absolute Gasteiger partial charge is 0.480 e. The fourth-order valence-corrected chi connectivity index (χ4v) is 3.50. The first-order chi connectivity index (χ1) is 13.5. The van der Waals surface area contributed by atoms with Gasteiger partial charge in [-0.1, -0.05) is 25.1 Å². The Bertz CT molecular complexity index is 813. The third-order valence-electron chi connectivity index (χ3n) is 5.23. The highest BCUT2D eigenvalue weighted by molar-refractivity contribution is 5.81. The first-order valence-corrected chi connectivity index (χ1v) is 9.76. The summed E-state index contributed by atoms with van der Waals surface area (Å²) in [6.07, 6.45) is 2.78. The Balaban J connectivity index is 1.58. The molecule has 2 N–H and O–H groups in total. The lowest BCUT2D eigenvalue weighted by Gasteiger charge is -2.26. The van der Waals surface area contributed by atoms with Gasteiger partial charge in [0.1, 0.15) is 17.4 Å². The highest BCUT2D eigenvalue weighted by Crippen LogP contribution is 2.22. The molecular formula is C21H29N5O2. The van der Waals surface area contributed by atoms with E-state index < -0.39 is 6.10 Å². The molecule has 3 rings (SSSR count). The van der Waals surface area contributed by atoms with Gasteiger partial charge in [-0.2, -0.15) is 0 Å². The molecule has 1 aliphatic heterocycles. The van der Waals surface area contributed by atoms with Gasteiger partial charge >= 0.3 is 0 Å². The summed E-state index contributed by atoms with van der Waals surface area (Å²) in [7, 11) is 2.03. The molecule has 2 aromatic rings. The lowest BCUT2D eigenvalue weighted by atomic mass is 10.2. The van der Waals surface area contributed by atoms with Crippen LogP contribution in [-0.2, 0) is 11.3 Å². The number of anilines is 1. The third-order valence-corrected chi connectivity index (χ3v) is 5.23. The van der Waals surface area contributed by atoms with E-state index in [0.29, 0.717) is 31.2 Å². The van der Waals surface area contributed by atoms with Crippen molar-refractivity contribution in [3.05, 3.63) is 47.9 Å². The molecule has 1 aromatic heterocycles. The van der Waals surface area contributed by atoms with Crippen molar-refractivity contribution in [3.8, 4) is 5.75 Å². The molecule has 1 aliphatic rings. The van der Waals surface area contributed by atoms with Gasteiger partial charge in [0, 0.05) is 25.3 Å². The van der Waals surface area contributed by atoms with Crippen LogP contribution in [0.3, 0.4) is 0 Å². The monoisotopic (exact) mass is 383 g/mol. The van der Waals surface area contributed by atoms with E-state index in [-0.39, 0.29) is 11.9 Å². The molecule has 150 valence electrons. The second-order valence-corrected chi connectivity index (χ2v) is 7.32. The van der Waals surface area contributed by atoms with Crippen molar-refractivity contribution < 1.29 is 9.53 Å². The molecule has 7 nitrogen and oxygen atoms in total. The Morgan fingerprint density at radius 3 is 2.89 bits per heavy atom. The van der Waals surface area contributed by atoms with Gasteiger partial charge < -0.3 is 15.4 Å². The summed E-state index contributed by atoms with van der Waals surface area (Å²) in [5.74, 6) is 2.00. The summed E-state index contributed by atoms with van der Waals surface area (Å²) in [4.78, 5) is 25.6. The third kappa shape index (κ3) is 4.78. The molecule has 0 unspecified atom stereocenters. The zero-order valence-electron chi connectivity index (χ0n) is 16.8. The number of benzene rings is 1. The lowest BCUT2D eigenvalue weighted by molar-refractivity contribution is -0.138. The normalized spacial score (nSPS) is 17.7. The van der Waals surface area contributed by atoms with Gasteiger partial charge in [0.05, 0.1) is 6.54 Å². The SMILES string of the molecule is CC[C@@H](Oc1ccccc1C)C(=O)N1CC[C@H](N(C)Cc2nccc(N)n2)C1. The number of para-hydroxylation sites is 1. The van der Waals surface area contributed by atoms with Crippen LogP contribution in [0.5, 0.6) is 5.75 Å². The van der Waals surface area contributed by atoms with Crippen LogP contribution in [0.1, 0.15) is 31.2 Å². The predicted molar refractivity (Wildman–Crippen MR) is 109 cm³/mol. The fourth-order valence-electron chi connectivity index (χ4n) is 3.50. The van der Waals surface area contributed by atoms with Crippen molar-refractivity contribution in [3.63, 3.8) is 0 Å². The van der Waals surface area contributed by atoms with Crippen LogP contribution >= 0.6 is 0 Å². The van der Waals surface area contributed by atoms with Crippen LogP contribution in [0, 0.1) is 6.92 Å². The van der Waals surface area contributed by atoms with Crippen molar-refractivity contribution in [1.82, 2.24) is 19.8 Å². The number of likely N-dealkylation sites (N-methyl/N-ethyl adjacent to an activating group) is 1. The zero-order chi connectivity index (χ0) is 20.1. The molecule has 1 saturated heterocycles. The Morgan fingerprint density at radius 1 is 1.39 bits per heavy atom. The van der Waals surface area contributed by atoms with Crippen molar-refractivity contribution in [2.75, 3.05) is 25.9 Å². The van der Waals surface area contributed by atoms with Crippen molar-refractivity contribution in [1.29, 1.82) is 0 Å². The average Bonchev–Trinajstić information content (AvgIpc) is 3.17. The lowest BCUT2D eigenvalue weighted by Crippen LogP contribution is -2.42. The summed E-state index contributed by atoms with van der Waals surface area (Å²) in [5.41, 5.74) is 6.77. The summed E-state index contributed by atoms with van der Waals surface area (Å²) in [6.45, 7) is 6.00. The van der Waals surface area contributed by atoms with Gasteiger partial charge in [-0.3, -0.25) is 9.69 Å². The average molecular weight is 383 g/mol. The number of rotatable bonds is 7. The van der Waals surface area contributed by atoms with Gasteiger partial charge in [0.15, 0.2) is 6.10 Å². The van der Waals surface area contributed by atoms with Crippen LogP contribution in [0.4, 0.5) is 5.82 Å². The number of hydrogen-bond donors (Lipinski definition) is 1. The first kappa shape index (κ1) is 20.1. The number of carbonyl (C=O) groups excluding carboxylic acids is 1. The summed E-state index contributed by atoms with van der Waals surface area (Å²) in [5, 5.41) is 0. The van der Waals surface area contributed by atoms with E-state index >= 15 is 0 Å². The molecule has 1 aromatic carbocycles. The van der Waals surface area contributed by atoms with Gasteiger partial charge in [0.25, 0.3) is 5.91 Å². The number of aryl methyl sites for hydroxylation is 1. The van der Waals surface area contributed by atoms with Crippen molar-refractivity contribution >= 4 is 11.7 Å². The number of hydrogen-bond acceptors (Lipinski definition) is 6. The Kier molecular flexibility index (Phi) is 6.46. The minimum atomic E-state index is -0.456. The molecule has 0 radical (unpaired) electrons. The molecule has 0 aliphatic carbocycles. The zero-order valence-corrected chi connectivity index (χ0v) is 16.8. The minimum absolute atomic E-state index is 0.0573. The molecule has 0 bridgehead atoms. The topological polar surface area (TPSA) is 84.6 Å². The van der Waals surface area contributed by atoms with Crippen LogP contribution in [0.25, 0.3) is 0 Å². The maximum atomic E-state index is 13.0. The molecule has 0 saturated carbocycles. The highest BCUT2D eigenvalue weighted by Gasteiger charge is 2.33. The minimum Gasteiger partial charge on any atom is -0.480 e. The molecule has 1 fully saturated rings. The number of likely N-dealkylation sites (tertiary alicyclic amines) is 1. The smallest absolute Gasteiger partial charge is 0.263 e. The molecule has 0 spiro atoms. The van der Waals surface area contributed by atoms with Gasteiger partial charge in [-0.15, -0.1) is 0 Å². The van der Waals surface area contributed by atoms with E-state index in [4.69, 9.17) is 10.5 Å². The number of nitrogens with two attached hydrogens (primary N) is 1. The Labute approximate surface area is 166 Å². The number of aromatic nitrogens is 2. The summed E-state index contributed by atoms with van der Waals surface area (Å²) >= 11 is 0. The van der Waals surface area contributed by atoms with Crippen LogP contribution in [0.2, 0.25) is 0 Å². The number of ether oxygens (including phenoxy) is 1. The van der Waals surface area contributed by atoms with E-state index in [2.05, 4.69) is 14.9 Å². The number of nitrogen functional groups attached to an aromatic ring is 1. The summed E-state index contributed by atoms with van der Waals surface area (Å²) < 4.78 is 6.03. The van der Waals surface area contributed by atoms with Crippen LogP contribution < -0.4 is 10.5 Å². The van der Waals surface area contributed by atoms with E-state index in [1.54, 1.807) is 12.3 Å². The molecule has 2 atom stereocenters. The Hall–Kier alpha value is -2.67. The Morgan fingerprint density at radius 2 is 2.18 bits per heavy atom. The maximum Gasteiger partial charge on any atom is 0.263 e. The molecule has 7 heteroatoms. The molecule has 1 amide bonds. The van der Waals surface area contributed by atoms with Gasteiger partial charge in [-0.05, 0) is 44.5 Å². The number of nitrogens with zero attached hydrogens (tertiary/aromatic N) is 4. The molecule has 2 heterocycles. The van der Waals surface area contributed by atoms with Crippen molar-refractivity contribution in [2.24, 2.45) is 0 Å². The summed E-state index contributed by atoms with van der Waals surface area (Å²) in [6, 6.07) is 9.75. The quantitative estimate of drug-likeness (QED) is 0.789. The maximum absolute atomic E-state index is 13.0. The van der Waals surface area contributed by atoms with E-state index in [9.17, 15) is 4.79 Å². The van der Waals surface area contributed by atoms with Gasteiger partial charge in [0.2, 0.25) is 0 Å². The first-order valence-electron chi connectivity index (χ1n) is 9.76. The van der Waals surface area contributed by atoms with E-state index in [1.165, 1.54) is 0 Å². The molecular weight excluding hydrogens is 354 g/mol. The van der Waals surface area contributed by atoms with Crippen LogP contribution in [0.15, 0.2) is 36.5 Å². The fraction of sp³-hybridized carbons (Fsp3) is 0.476. The predicted octanol–water partition coefficient (Wildman–Crippen LogP) is 2.26. The van der Waals surface area contributed by atoms with Crippen LogP contribution in [-0.4, -0.2) is 58.0 Å². The van der Waals surface area contributed by atoms with E-state index in [0.717, 1.165) is 24.3 Å². The number of amides is 1. The molecule has 28 heavy (non-hydrogen) atoms. The second kappa shape index (κ2) is 9.01. The van der Waals surface area contributed by atoms with Gasteiger partial charge in [-0.25, -0.2) is 9.97 Å². The van der Waals surface area contributed by atoms with Crippen molar-refractivity contribution in [2.45, 2.75) is 45.4 Å². The number of carbonyl (C=O) groups is 1. The highest BCUT2D eigenvalue weighted by atomic mass is 16.5.